The molecule has 0 spiro atoms. The van der Waals surface area contributed by atoms with Crippen LogP contribution in [0.3, 0.4) is 0 Å². The average Bonchev–Trinajstić information content (AvgIpc) is 2.47. The van der Waals surface area contributed by atoms with Crippen LogP contribution in [0, 0.1) is 0 Å². The Bertz CT molecular complexity index is 626. The first-order valence-corrected chi connectivity index (χ1v) is 7.82. The molecule has 0 fully saturated rings. The third-order valence-corrected chi connectivity index (χ3v) is 3.87. The predicted octanol–water partition coefficient (Wildman–Crippen LogP) is 5.12. The lowest BCUT2D eigenvalue weighted by molar-refractivity contribution is -0.116. The standard InChI is InChI=1S/C20H25NO/c1-15(16-10-6-5-7-11-16)14-19(22)21-18-13-9-8-12-17(18)20(2,3)4/h5-13,15H,14H2,1-4H3,(H,21,22). The van der Waals surface area contributed by atoms with Gasteiger partial charge in [-0.25, -0.2) is 0 Å². The molecule has 0 aliphatic heterocycles. The molecule has 1 unspecified atom stereocenters. The van der Waals surface area contributed by atoms with Crippen molar-refractivity contribution >= 4 is 11.6 Å². The first-order chi connectivity index (χ1) is 10.4. The van der Waals surface area contributed by atoms with E-state index < -0.39 is 0 Å². The van der Waals surface area contributed by atoms with Crippen LogP contribution in [-0.2, 0) is 10.2 Å². The topological polar surface area (TPSA) is 29.1 Å². The fourth-order valence-corrected chi connectivity index (χ4v) is 2.62. The molecule has 1 atom stereocenters. The Morgan fingerprint density at radius 3 is 2.23 bits per heavy atom. The normalized spacial score (nSPS) is 12.7. The zero-order chi connectivity index (χ0) is 16.2. The number of amides is 1. The molecule has 1 N–H and O–H groups in total. The van der Waals surface area contributed by atoms with Crippen molar-refractivity contribution in [1.29, 1.82) is 0 Å². The van der Waals surface area contributed by atoms with Crippen LogP contribution < -0.4 is 5.32 Å². The molecule has 0 heterocycles. The maximum atomic E-state index is 12.4. The first-order valence-electron chi connectivity index (χ1n) is 7.82. The lowest BCUT2D eigenvalue weighted by atomic mass is 9.85. The number of hydrogen-bond acceptors (Lipinski definition) is 1. The van der Waals surface area contributed by atoms with E-state index in [2.05, 4.69) is 51.2 Å². The minimum Gasteiger partial charge on any atom is -0.326 e. The molecule has 116 valence electrons. The van der Waals surface area contributed by atoms with Gasteiger partial charge in [0.05, 0.1) is 0 Å². The molecule has 0 saturated carbocycles. The highest BCUT2D eigenvalue weighted by atomic mass is 16.1. The van der Waals surface area contributed by atoms with Crippen molar-refractivity contribution < 1.29 is 4.79 Å². The molecule has 1 amide bonds. The summed E-state index contributed by atoms with van der Waals surface area (Å²) in [5.41, 5.74) is 3.28. The zero-order valence-electron chi connectivity index (χ0n) is 13.9. The van der Waals surface area contributed by atoms with Gasteiger partial charge >= 0.3 is 0 Å². The van der Waals surface area contributed by atoms with E-state index in [1.54, 1.807) is 0 Å². The van der Waals surface area contributed by atoms with Crippen LogP contribution in [0.2, 0.25) is 0 Å². The first kappa shape index (κ1) is 16.3. The van der Waals surface area contributed by atoms with Crippen LogP contribution in [0.4, 0.5) is 5.69 Å². The van der Waals surface area contributed by atoms with Gasteiger partial charge in [0.15, 0.2) is 0 Å². The molecule has 0 radical (unpaired) electrons. The van der Waals surface area contributed by atoms with Gasteiger partial charge in [0, 0.05) is 12.1 Å². The Hall–Kier alpha value is -2.09. The number of para-hydroxylation sites is 1. The molecule has 0 aliphatic rings. The summed E-state index contributed by atoms with van der Waals surface area (Å²) in [6.07, 6.45) is 0.489. The van der Waals surface area contributed by atoms with E-state index in [0.29, 0.717) is 6.42 Å². The molecule has 0 saturated heterocycles. The minimum atomic E-state index is 0.00885. The Labute approximate surface area is 133 Å². The molecule has 0 bridgehead atoms. The molecule has 0 aromatic heterocycles. The van der Waals surface area contributed by atoms with Crippen LogP contribution in [0.25, 0.3) is 0 Å². The number of carbonyl (C=O) groups excluding carboxylic acids is 1. The molecule has 0 aliphatic carbocycles. The number of rotatable bonds is 4. The van der Waals surface area contributed by atoms with Crippen LogP contribution >= 0.6 is 0 Å². The number of carbonyl (C=O) groups is 1. The van der Waals surface area contributed by atoms with Gasteiger partial charge in [-0.3, -0.25) is 4.79 Å². The van der Waals surface area contributed by atoms with Gasteiger partial charge in [0.25, 0.3) is 0 Å². The van der Waals surface area contributed by atoms with Crippen molar-refractivity contribution in [1.82, 2.24) is 0 Å². The summed E-state index contributed by atoms with van der Waals surface area (Å²) in [6, 6.07) is 18.2. The second-order valence-electron chi connectivity index (χ2n) is 6.86. The summed E-state index contributed by atoms with van der Waals surface area (Å²) in [6.45, 7) is 8.56. The lowest BCUT2D eigenvalue weighted by Crippen LogP contribution is -2.19. The van der Waals surface area contributed by atoms with E-state index in [-0.39, 0.29) is 17.2 Å². The summed E-state index contributed by atoms with van der Waals surface area (Å²) in [5.74, 6) is 0.274. The highest BCUT2D eigenvalue weighted by Gasteiger charge is 2.19. The van der Waals surface area contributed by atoms with Gasteiger partial charge in [-0.05, 0) is 28.5 Å². The second kappa shape index (κ2) is 6.78. The van der Waals surface area contributed by atoms with Gasteiger partial charge in [-0.2, -0.15) is 0 Å². The summed E-state index contributed by atoms with van der Waals surface area (Å²) in [7, 11) is 0. The summed E-state index contributed by atoms with van der Waals surface area (Å²) >= 11 is 0. The molecule has 2 aromatic carbocycles. The molecule has 2 rings (SSSR count). The Morgan fingerprint density at radius 1 is 1.00 bits per heavy atom. The Balaban J connectivity index is 2.07. The van der Waals surface area contributed by atoms with E-state index in [1.807, 2.05) is 36.4 Å². The summed E-state index contributed by atoms with van der Waals surface area (Å²) in [5, 5.41) is 3.08. The predicted molar refractivity (Wildman–Crippen MR) is 93.2 cm³/mol. The Kier molecular flexibility index (Phi) is 5.02. The quantitative estimate of drug-likeness (QED) is 0.833. The fourth-order valence-electron chi connectivity index (χ4n) is 2.62. The monoisotopic (exact) mass is 295 g/mol. The van der Waals surface area contributed by atoms with E-state index in [9.17, 15) is 4.79 Å². The maximum Gasteiger partial charge on any atom is 0.224 e. The van der Waals surface area contributed by atoms with Crippen molar-refractivity contribution in [2.24, 2.45) is 0 Å². The molecular formula is C20H25NO. The van der Waals surface area contributed by atoms with Gasteiger partial charge in [-0.1, -0.05) is 76.2 Å². The average molecular weight is 295 g/mol. The second-order valence-corrected chi connectivity index (χ2v) is 6.86. The zero-order valence-corrected chi connectivity index (χ0v) is 13.9. The van der Waals surface area contributed by atoms with Crippen molar-refractivity contribution in [2.45, 2.75) is 45.4 Å². The Morgan fingerprint density at radius 2 is 1.59 bits per heavy atom. The smallest absolute Gasteiger partial charge is 0.224 e. The summed E-state index contributed by atoms with van der Waals surface area (Å²) in [4.78, 5) is 12.4. The molecule has 2 aromatic rings. The third kappa shape index (κ3) is 4.20. The summed E-state index contributed by atoms with van der Waals surface area (Å²) < 4.78 is 0. The van der Waals surface area contributed by atoms with Crippen molar-refractivity contribution in [3.63, 3.8) is 0 Å². The molecular weight excluding hydrogens is 270 g/mol. The largest absolute Gasteiger partial charge is 0.326 e. The van der Waals surface area contributed by atoms with E-state index >= 15 is 0 Å². The molecule has 22 heavy (non-hydrogen) atoms. The van der Waals surface area contributed by atoms with E-state index in [0.717, 1.165) is 11.3 Å². The van der Waals surface area contributed by atoms with Crippen molar-refractivity contribution in [2.75, 3.05) is 5.32 Å². The fraction of sp³-hybridized carbons (Fsp3) is 0.350. The molecule has 2 heteroatoms. The van der Waals surface area contributed by atoms with Gasteiger partial charge in [-0.15, -0.1) is 0 Å². The van der Waals surface area contributed by atoms with Gasteiger partial charge < -0.3 is 5.32 Å². The maximum absolute atomic E-state index is 12.4. The van der Waals surface area contributed by atoms with Gasteiger partial charge in [0.1, 0.15) is 0 Å². The molecule has 2 nitrogen and oxygen atoms in total. The lowest BCUT2D eigenvalue weighted by Gasteiger charge is -2.23. The van der Waals surface area contributed by atoms with Crippen LogP contribution in [-0.4, -0.2) is 5.91 Å². The van der Waals surface area contributed by atoms with Gasteiger partial charge in [0.2, 0.25) is 5.91 Å². The SMILES string of the molecule is CC(CC(=O)Nc1ccccc1C(C)(C)C)c1ccccc1. The highest BCUT2D eigenvalue weighted by Crippen LogP contribution is 2.29. The number of nitrogens with one attached hydrogen (secondary N) is 1. The number of benzene rings is 2. The van der Waals surface area contributed by atoms with Crippen molar-refractivity contribution in [3.8, 4) is 0 Å². The highest BCUT2D eigenvalue weighted by molar-refractivity contribution is 5.92. The van der Waals surface area contributed by atoms with E-state index in [4.69, 9.17) is 0 Å². The van der Waals surface area contributed by atoms with Crippen molar-refractivity contribution in [3.05, 3.63) is 65.7 Å². The van der Waals surface area contributed by atoms with Crippen LogP contribution in [0.5, 0.6) is 0 Å². The number of hydrogen-bond donors (Lipinski definition) is 1. The van der Waals surface area contributed by atoms with Crippen LogP contribution in [0.15, 0.2) is 54.6 Å². The minimum absolute atomic E-state index is 0.00885. The third-order valence-electron chi connectivity index (χ3n) is 3.87. The number of anilines is 1. The van der Waals surface area contributed by atoms with E-state index in [1.165, 1.54) is 5.56 Å². The van der Waals surface area contributed by atoms with Crippen LogP contribution in [0.1, 0.15) is 51.2 Å².